The van der Waals surface area contributed by atoms with Gasteiger partial charge in [-0.15, -0.1) is 11.3 Å². The molecule has 0 fully saturated rings. The smallest absolute Gasteiger partial charge is 0.126 e. The van der Waals surface area contributed by atoms with E-state index in [4.69, 9.17) is 5.84 Å². The lowest BCUT2D eigenvalue weighted by Crippen LogP contribution is -2.30. The van der Waals surface area contributed by atoms with Crippen molar-refractivity contribution < 1.29 is 4.39 Å². The number of aryl methyl sites for hydroxylation is 1. The van der Waals surface area contributed by atoms with Crippen molar-refractivity contribution >= 4 is 11.3 Å². The molecule has 90 valence electrons. The number of thiazole rings is 1. The molecule has 2 aromatic rings. The Labute approximate surface area is 103 Å². The summed E-state index contributed by atoms with van der Waals surface area (Å²) < 4.78 is 13.5. The molecule has 2 rings (SSSR count). The van der Waals surface area contributed by atoms with Gasteiger partial charge in [-0.3, -0.25) is 11.3 Å². The molecule has 3 N–H and O–H groups in total. The predicted molar refractivity (Wildman–Crippen MR) is 67.0 cm³/mol. The maximum atomic E-state index is 13.5. The van der Waals surface area contributed by atoms with Crippen LogP contribution in [-0.4, -0.2) is 4.98 Å². The van der Waals surface area contributed by atoms with Crippen LogP contribution >= 0.6 is 11.3 Å². The summed E-state index contributed by atoms with van der Waals surface area (Å²) in [5, 5.41) is 2.93. The molecule has 5 heteroatoms. The predicted octanol–water partition coefficient (Wildman–Crippen LogP) is 2.34. The number of hydrogen-bond donors (Lipinski definition) is 2. The molecule has 0 aliphatic heterocycles. The molecule has 1 heterocycles. The minimum Gasteiger partial charge on any atom is -0.271 e. The molecule has 0 bridgehead atoms. The molecule has 0 amide bonds. The molecule has 0 saturated carbocycles. The standard InChI is InChI=1S/C12H14FN3S/c1-8-15-12(7-17-8)11(16-14)6-9-4-2-3-5-10(9)13/h2-5,7,11,16H,6,14H2,1H3. The first-order valence-corrected chi connectivity index (χ1v) is 6.20. The first kappa shape index (κ1) is 12.2. The van der Waals surface area contributed by atoms with E-state index in [9.17, 15) is 4.39 Å². The number of halogens is 1. The van der Waals surface area contributed by atoms with Crippen LogP contribution in [-0.2, 0) is 6.42 Å². The van der Waals surface area contributed by atoms with Gasteiger partial charge in [0.25, 0.3) is 0 Å². The second-order valence-corrected chi connectivity index (χ2v) is 4.87. The number of rotatable bonds is 4. The highest BCUT2D eigenvalue weighted by molar-refractivity contribution is 7.09. The first-order chi connectivity index (χ1) is 8.20. The lowest BCUT2D eigenvalue weighted by molar-refractivity contribution is 0.520. The lowest BCUT2D eigenvalue weighted by Gasteiger charge is -2.13. The fourth-order valence-corrected chi connectivity index (χ4v) is 2.34. The molecule has 1 unspecified atom stereocenters. The monoisotopic (exact) mass is 251 g/mol. The van der Waals surface area contributed by atoms with E-state index >= 15 is 0 Å². The van der Waals surface area contributed by atoms with Gasteiger partial charge in [-0.1, -0.05) is 18.2 Å². The van der Waals surface area contributed by atoms with Crippen molar-refractivity contribution in [2.24, 2.45) is 5.84 Å². The van der Waals surface area contributed by atoms with Gasteiger partial charge in [-0.05, 0) is 25.0 Å². The number of aromatic nitrogens is 1. The summed E-state index contributed by atoms with van der Waals surface area (Å²) in [7, 11) is 0. The molecular weight excluding hydrogens is 237 g/mol. The zero-order valence-corrected chi connectivity index (χ0v) is 10.3. The van der Waals surface area contributed by atoms with Crippen molar-refractivity contribution in [2.45, 2.75) is 19.4 Å². The van der Waals surface area contributed by atoms with E-state index in [1.807, 2.05) is 18.4 Å². The Bertz CT molecular complexity index is 498. The largest absolute Gasteiger partial charge is 0.271 e. The molecule has 1 aromatic heterocycles. The molecule has 3 nitrogen and oxygen atoms in total. The van der Waals surface area contributed by atoms with Gasteiger partial charge in [0.1, 0.15) is 5.82 Å². The third-order valence-electron chi connectivity index (χ3n) is 2.58. The second kappa shape index (κ2) is 5.35. The van der Waals surface area contributed by atoms with Crippen molar-refractivity contribution in [3.05, 3.63) is 51.7 Å². The summed E-state index contributed by atoms with van der Waals surface area (Å²) in [6.45, 7) is 1.94. The van der Waals surface area contributed by atoms with Gasteiger partial charge < -0.3 is 0 Å². The zero-order chi connectivity index (χ0) is 12.3. The topological polar surface area (TPSA) is 50.9 Å². The van der Waals surface area contributed by atoms with Crippen LogP contribution in [0.15, 0.2) is 29.6 Å². The number of hydrogen-bond acceptors (Lipinski definition) is 4. The van der Waals surface area contributed by atoms with E-state index < -0.39 is 0 Å². The van der Waals surface area contributed by atoms with E-state index in [1.165, 1.54) is 6.07 Å². The van der Waals surface area contributed by atoms with E-state index in [2.05, 4.69) is 10.4 Å². The third-order valence-corrected chi connectivity index (χ3v) is 3.37. The molecule has 17 heavy (non-hydrogen) atoms. The summed E-state index contributed by atoms with van der Waals surface area (Å²) in [6.07, 6.45) is 0.492. The SMILES string of the molecule is Cc1nc(C(Cc2ccccc2F)NN)cs1. The summed E-state index contributed by atoms with van der Waals surface area (Å²) in [5.41, 5.74) is 4.18. The Morgan fingerprint density at radius 3 is 2.82 bits per heavy atom. The van der Waals surface area contributed by atoms with Crippen LogP contribution in [0.5, 0.6) is 0 Å². The highest BCUT2D eigenvalue weighted by atomic mass is 32.1. The van der Waals surface area contributed by atoms with E-state index in [0.717, 1.165) is 10.7 Å². The Kier molecular flexibility index (Phi) is 3.83. The van der Waals surface area contributed by atoms with Gasteiger partial charge in [-0.25, -0.2) is 9.37 Å². The molecule has 0 radical (unpaired) electrons. The number of nitrogens with two attached hydrogens (primary N) is 1. The molecule has 0 aliphatic rings. The number of benzene rings is 1. The Morgan fingerprint density at radius 1 is 1.47 bits per heavy atom. The fourth-order valence-electron chi connectivity index (χ4n) is 1.67. The molecule has 1 atom stereocenters. The van der Waals surface area contributed by atoms with Crippen LogP contribution in [0.3, 0.4) is 0 Å². The lowest BCUT2D eigenvalue weighted by atomic mass is 10.0. The van der Waals surface area contributed by atoms with Gasteiger partial charge >= 0.3 is 0 Å². The minimum atomic E-state index is -0.209. The van der Waals surface area contributed by atoms with Crippen LogP contribution < -0.4 is 11.3 Å². The van der Waals surface area contributed by atoms with Crippen LogP contribution in [0.1, 0.15) is 22.3 Å². The van der Waals surface area contributed by atoms with Crippen molar-refractivity contribution in [3.63, 3.8) is 0 Å². The number of hydrazine groups is 1. The summed E-state index contributed by atoms with van der Waals surface area (Å²) in [6, 6.07) is 6.56. The van der Waals surface area contributed by atoms with Crippen LogP contribution in [0.25, 0.3) is 0 Å². The highest BCUT2D eigenvalue weighted by Gasteiger charge is 2.15. The minimum absolute atomic E-state index is 0.156. The van der Waals surface area contributed by atoms with Crippen LogP contribution in [0, 0.1) is 12.7 Å². The van der Waals surface area contributed by atoms with Gasteiger partial charge in [0.2, 0.25) is 0 Å². The molecule has 0 aliphatic carbocycles. The Balaban J connectivity index is 2.18. The molecule has 0 saturated heterocycles. The third kappa shape index (κ3) is 2.88. The van der Waals surface area contributed by atoms with E-state index in [-0.39, 0.29) is 11.9 Å². The van der Waals surface area contributed by atoms with Gasteiger partial charge in [0, 0.05) is 5.38 Å². The van der Waals surface area contributed by atoms with Gasteiger partial charge in [0.05, 0.1) is 16.7 Å². The van der Waals surface area contributed by atoms with E-state index in [1.54, 1.807) is 23.5 Å². The zero-order valence-electron chi connectivity index (χ0n) is 9.48. The summed E-state index contributed by atoms with van der Waals surface area (Å²) in [4.78, 5) is 4.36. The number of nitrogens with one attached hydrogen (secondary N) is 1. The maximum Gasteiger partial charge on any atom is 0.126 e. The Morgan fingerprint density at radius 2 is 2.24 bits per heavy atom. The Hall–Kier alpha value is -1.30. The quantitative estimate of drug-likeness (QED) is 0.648. The second-order valence-electron chi connectivity index (χ2n) is 3.81. The van der Waals surface area contributed by atoms with Crippen molar-refractivity contribution in [3.8, 4) is 0 Å². The molecule has 0 spiro atoms. The molecular formula is C12H14FN3S. The number of nitrogens with zero attached hydrogens (tertiary/aromatic N) is 1. The van der Waals surface area contributed by atoms with Crippen molar-refractivity contribution in [2.75, 3.05) is 0 Å². The average molecular weight is 251 g/mol. The molecule has 1 aromatic carbocycles. The van der Waals surface area contributed by atoms with Crippen LogP contribution in [0.2, 0.25) is 0 Å². The maximum absolute atomic E-state index is 13.5. The average Bonchev–Trinajstić information content (AvgIpc) is 2.75. The van der Waals surface area contributed by atoms with Gasteiger partial charge in [-0.2, -0.15) is 0 Å². The van der Waals surface area contributed by atoms with E-state index in [0.29, 0.717) is 12.0 Å². The summed E-state index contributed by atoms with van der Waals surface area (Å²) >= 11 is 1.56. The van der Waals surface area contributed by atoms with Crippen LogP contribution in [0.4, 0.5) is 4.39 Å². The summed E-state index contributed by atoms with van der Waals surface area (Å²) in [5.74, 6) is 5.30. The fraction of sp³-hybridized carbons (Fsp3) is 0.250. The highest BCUT2D eigenvalue weighted by Crippen LogP contribution is 2.21. The normalized spacial score (nSPS) is 12.6. The van der Waals surface area contributed by atoms with Crippen molar-refractivity contribution in [1.29, 1.82) is 0 Å². The van der Waals surface area contributed by atoms with Crippen molar-refractivity contribution in [1.82, 2.24) is 10.4 Å². The van der Waals surface area contributed by atoms with Gasteiger partial charge in [0.15, 0.2) is 0 Å². The first-order valence-electron chi connectivity index (χ1n) is 5.32.